The summed E-state index contributed by atoms with van der Waals surface area (Å²) in [6.07, 6.45) is 1.49. The van der Waals surface area contributed by atoms with Gasteiger partial charge in [-0.05, 0) is 42.8 Å². The number of benzene rings is 1. The van der Waals surface area contributed by atoms with E-state index < -0.39 is 11.7 Å². The van der Waals surface area contributed by atoms with Crippen molar-refractivity contribution in [3.63, 3.8) is 0 Å². The van der Waals surface area contributed by atoms with Gasteiger partial charge in [-0.25, -0.2) is 9.37 Å². The topological polar surface area (TPSA) is 80.3 Å². The molecule has 0 unspecified atom stereocenters. The summed E-state index contributed by atoms with van der Waals surface area (Å²) in [6.45, 7) is 1.76. The molecular formula is C19H15ClFN3O3S. The molecular weight excluding hydrogens is 405 g/mol. The predicted octanol–water partition coefficient (Wildman–Crippen LogP) is 4.76. The Morgan fingerprint density at radius 3 is 2.57 bits per heavy atom. The number of thiophene rings is 1. The minimum atomic E-state index is -0.527. The maximum Gasteiger partial charge on any atom is 0.266 e. The summed E-state index contributed by atoms with van der Waals surface area (Å²) in [6, 6.07) is 8.51. The number of aromatic nitrogens is 1. The molecule has 0 aliphatic carbocycles. The van der Waals surface area contributed by atoms with Crippen LogP contribution < -0.4 is 15.4 Å². The highest BCUT2D eigenvalue weighted by atomic mass is 35.5. The SMILES string of the molecule is COc1ccc(NC(=O)c2sc(NC(=O)c3ccc(F)cc3Cl)cc2C)cn1. The second kappa shape index (κ2) is 8.37. The molecule has 0 aliphatic rings. The zero-order valence-corrected chi connectivity index (χ0v) is 16.5. The molecule has 3 aromatic rings. The third-order valence-corrected chi connectivity index (χ3v) is 5.20. The van der Waals surface area contributed by atoms with Crippen LogP contribution in [0, 0.1) is 12.7 Å². The summed E-state index contributed by atoms with van der Waals surface area (Å²) >= 11 is 7.03. The zero-order chi connectivity index (χ0) is 20.3. The van der Waals surface area contributed by atoms with E-state index in [1.165, 1.54) is 19.4 Å². The molecule has 0 saturated heterocycles. The molecule has 144 valence electrons. The first-order valence-electron chi connectivity index (χ1n) is 8.05. The zero-order valence-electron chi connectivity index (χ0n) is 14.9. The Morgan fingerprint density at radius 2 is 1.93 bits per heavy atom. The third-order valence-electron chi connectivity index (χ3n) is 3.74. The van der Waals surface area contributed by atoms with Crippen LogP contribution in [0.4, 0.5) is 15.1 Å². The van der Waals surface area contributed by atoms with Crippen LogP contribution >= 0.6 is 22.9 Å². The third kappa shape index (κ3) is 4.47. The lowest BCUT2D eigenvalue weighted by atomic mass is 10.2. The Hall–Kier alpha value is -2.97. The van der Waals surface area contributed by atoms with Crippen molar-refractivity contribution in [3.8, 4) is 5.88 Å². The molecule has 6 nitrogen and oxygen atoms in total. The molecule has 0 bridgehead atoms. The van der Waals surface area contributed by atoms with E-state index in [9.17, 15) is 14.0 Å². The Bertz CT molecular complexity index is 1040. The molecule has 0 saturated carbocycles. The van der Waals surface area contributed by atoms with Crippen LogP contribution in [0.15, 0.2) is 42.6 Å². The van der Waals surface area contributed by atoms with Gasteiger partial charge in [0.25, 0.3) is 11.8 Å². The van der Waals surface area contributed by atoms with E-state index in [2.05, 4.69) is 15.6 Å². The number of anilines is 2. The summed E-state index contributed by atoms with van der Waals surface area (Å²) < 4.78 is 18.1. The van der Waals surface area contributed by atoms with Gasteiger partial charge in [0, 0.05) is 6.07 Å². The largest absolute Gasteiger partial charge is 0.481 e. The number of pyridine rings is 1. The second-order valence-corrected chi connectivity index (χ2v) is 7.20. The number of nitrogens with one attached hydrogen (secondary N) is 2. The van der Waals surface area contributed by atoms with E-state index >= 15 is 0 Å². The number of amides is 2. The Labute approximate surface area is 169 Å². The molecule has 0 atom stereocenters. The minimum absolute atomic E-state index is 0.00995. The molecule has 2 aromatic heterocycles. The molecule has 0 spiro atoms. The van der Waals surface area contributed by atoms with Crippen molar-refractivity contribution >= 4 is 45.4 Å². The van der Waals surface area contributed by atoms with Crippen LogP contribution in [0.5, 0.6) is 5.88 Å². The van der Waals surface area contributed by atoms with E-state index in [1.807, 2.05) is 0 Å². The highest BCUT2D eigenvalue weighted by Crippen LogP contribution is 2.29. The first-order chi connectivity index (χ1) is 13.4. The Morgan fingerprint density at radius 1 is 1.14 bits per heavy atom. The van der Waals surface area contributed by atoms with E-state index in [0.717, 1.165) is 23.5 Å². The van der Waals surface area contributed by atoms with E-state index in [1.54, 1.807) is 25.1 Å². The molecule has 0 fully saturated rings. The van der Waals surface area contributed by atoms with Gasteiger partial charge >= 0.3 is 0 Å². The highest BCUT2D eigenvalue weighted by molar-refractivity contribution is 7.18. The Balaban J connectivity index is 1.72. The van der Waals surface area contributed by atoms with Crippen molar-refractivity contribution in [2.75, 3.05) is 17.7 Å². The minimum Gasteiger partial charge on any atom is -0.481 e. The molecule has 28 heavy (non-hydrogen) atoms. The van der Waals surface area contributed by atoms with Crippen molar-refractivity contribution in [1.82, 2.24) is 4.98 Å². The number of nitrogens with zero attached hydrogens (tertiary/aromatic N) is 1. The molecule has 9 heteroatoms. The van der Waals surface area contributed by atoms with Gasteiger partial charge in [0.15, 0.2) is 0 Å². The standard InChI is InChI=1S/C19H15ClFN3O3S/c1-10-7-16(24-18(25)13-5-3-11(21)8-14(13)20)28-17(10)19(26)23-12-4-6-15(27-2)22-9-12/h3-9H,1-2H3,(H,23,26)(H,24,25). The van der Waals surface area contributed by atoms with E-state index in [0.29, 0.717) is 27.0 Å². The van der Waals surface area contributed by atoms with Crippen LogP contribution in [0.3, 0.4) is 0 Å². The number of carbonyl (C=O) groups is 2. The summed E-state index contributed by atoms with van der Waals surface area (Å²) in [5, 5.41) is 5.90. The van der Waals surface area contributed by atoms with Crippen LogP contribution in [-0.2, 0) is 0 Å². The maximum atomic E-state index is 13.1. The smallest absolute Gasteiger partial charge is 0.266 e. The maximum absolute atomic E-state index is 13.1. The van der Waals surface area contributed by atoms with Crippen LogP contribution in [0.25, 0.3) is 0 Å². The van der Waals surface area contributed by atoms with Gasteiger partial charge in [0.2, 0.25) is 5.88 Å². The lowest BCUT2D eigenvalue weighted by Crippen LogP contribution is -2.12. The average Bonchev–Trinajstić information content (AvgIpc) is 3.02. The average molecular weight is 420 g/mol. The first kappa shape index (κ1) is 19.8. The van der Waals surface area contributed by atoms with Gasteiger partial charge in [0.05, 0.1) is 39.5 Å². The lowest BCUT2D eigenvalue weighted by Gasteiger charge is -2.05. The predicted molar refractivity (Wildman–Crippen MR) is 107 cm³/mol. The normalized spacial score (nSPS) is 10.4. The summed E-state index contributed by atoms with van der Waals surface area (Å²) in [4.78, 5) is 29.3. The fourth-order valence-electron chi connectivity index (χ4n) is 2.38. The van der Waals surface area contributed by atoms with E-state index in [-0.39, 0.29) is 16.5 Å². The molecule has 2 N–H and O–H groups in total. The fraction of sp³-hybridized carbons (Fsp3) is 0.105. The first-order valence-corrected chi connectivity index (χ1v) is 9.25. The molecule has 1 aromatic carbocycles. The number of hydrogen-bond donors (Lipinski definition) is 2. The number of aryl methyl sites for hydroxylation is 1. The van der Waals surface area contributed by atoms with Gasteiger partial charge in [-0.2, -0.15) is 0 Å². The van der Waals surface area contributed by atoms with Crippen molar-refractivity contribution in [1.29, 1.82) is 0 Å². The molecule has 2 amide bonds. The van der Waals surface area contributed by atoms with Gasteiger partial charge in [-0.3, -0.25) is 9.59 Å². The summed E-state index contributed by atoms with van der Waals surface area (Å²) in [7, 11) is 1.50. The number of hydrogen-bond acceptors (Lipinski definition) is 5. The van der Waals surface area contributed by atoms with Gasteiger partial charge in [-0.15, -0.1) is 11.3 Å². The number of carbonyl (C=O) groups excluding carboxylic acids is 2. The molecule has 0 aliphatic heterocycles. The van der Waals surface area contributed by atoms with Crippen LogP contribution in [-0.4, -0.2) is 23.9 Å². The van der Waals surface area contributed by atoms with E-state index in [4.69, 9.17) is 16.3 Å². The van der Waals surface area contributed by atoms with Crippen LogP contribution in [0.2, 0.25) is 5.02 Å². The number of halogens is 2. The molecule has 2 heterocycles. The molecule has 0 radical (unpaired) electrons. The quantitative estimate of drug-likeness (QED) is 0.625. The van der Waals surface area contributed by atoms with Gasteiger partial charge in [-0.1, -0.05) is 11.6 Å². The van der Waals surface area contributed by atoms with Crippen LogP contribution in [0.1, 0.15) is 25.6 Å². The van der Waals surface area contributed by atoms with Crippen molar-refractivity contribution in [3.05, 3.63) is 69.4 Å². The van der Waals surface area contributed by atoms with Gasteiger partial charge < -0.3 is 15.4 Å². The number of methoxy groups -OCH3 is 1. The Kier molecular flexibility index (Phi) is 5.91. The van der Waals surface area contributed by atoms with Crippen molar-refractivity contribution in [2.24, 2.45) is 0 Å². The highest BCUT2D eigenvalue weighted by Gasteiger charge is 2.17. The lowest BCUT2D eigenvalue weighted by molar-refractivity contribution is 0.102. The number of rotatable bonds is 5. The van der Waals surface area contributed by atoms with Gasteiger partial charge in [0.1, 0.15) is 5.82 Å². The fourth-order valence-corrected chi connectivity index (χ4v) is 3.60. The summed E-state index contributed by atoms with van der Waals surface area (Å²) in [5.74, 6) is -0.900. The van der Waals surface area contributed by atoms with Crippen molar-refractivity contribution < 1.29 is 18.7 Å². The molecule has 3 rings (SSSR count). The second-order valence-electron chi connectivity index (χ2n) is 5.74. The van der Waals surface area contributed by atoms with Crippen molar-refractivity contribution in [2.45, 2.75) is 6.92 Å². The summed E-state index contributed by atoms with van der Waals surface area (Å²) in [5.41, 5.74) is 1.36. The number of ether oxygens (including phenoxy) is 1. The monoisotopic (exact) mass is 419 g/mol.